The SMILES string of the molecule is CC(NC1CCCC1)c1ncc[nH]1. The lowest BCUT2D eigenvalue weighted by atomic mass is 10.2. The predicted octanol–water partition coefficient (Wildman–Crippen LogP) is 2.00. The van der Waals surface area contributed by atoms with Crippen LogP contribution in [0, 0.1) is 0 Å². The van der Waals surface area contributed by atoms with Crippen LogP contribution in [0.15, 0.2) is 12.4 Å². The Hall–Kier alpha value is -0.830. The summed E-state index contributed by atoms with van der Waals surface area (Å²) >= 11 is 0. The quantitative estimate of drug-likeness (QED) is 0.745. The lowest BCUT2D eigenvalue weighted by molar-refractivity contribution is 0.449. The normalized spacial score (nSPS) is 20.7. The van der Waals surface area contributed by atoms with E-state index in [0.29, 0.717) is 12.1 Å². The smallest absolute Gasteiger partial charge is 0.122 e. The predicted molar refractivity (Wildman–Crippen MR) is 52.4 cm³/mol. The zero-order valence-corrected chi connectivity index (χ0v) is 8.09. The first-order valence-corrected chi connectivity index (χ1v) is 5.11. The molecule has 1 fully saturated rings. The Kier molecular flexibility index (Phi) is 2.64. The standard InChI is InChI=1S/C10H17N3/c1-8(10-11-6-7-12-10)13-9-4-2-3-5-9/h6-9,13H,2-5H2,1H3,(H,11,12). The number of rotatable bonds is 3. The van der Waals surface area contributed by atoms with Crippen LogP contribution in [0.5, 0.6) is 0 Å². The molecule has 0 bridgehead atoms. The van der Waals surface area contributed by atoms with Gasteiger partial charge in [-0.05, 0) is 19.8 Å². The fourth-order valence-electron chi connectivity index (χ4n) is 2.04. The Morgan fingerprint density at radius 2 is 2.31 bits per heavy atom. The van der Waals surface area contributed by atoms with Crippen LogP contribution in [0.4, 0.5) is 0 Å². The molecular weight excluding hydrogens is 162 g/mol. The van der Waals surface area contributed by atoms with Crippen LogP contribution < -0.4 is 5.32 Å². The number of nitrogens with one attached hydrogen (secondary N) is 2. The highest BCUT2D eigenvalue weighted by Gasteiger charge is 2.18. The van der Waals surface area contributed by atoms with Gasteiger partial charge in [0.2, 0.25) is 0 Å². The fraction of sp³-hybridized carbons (Fsp3) is 0.700. The first kappa shape index (κ1) is 8.75. The fourth-order valence-corrected chi connectivity index (χ4v) is 2.04. The minimum atomic E-state index is 0.359. The number of aromatic nitrogens is 2. The molecule has 0 saturated heterocycles. The number of aromatic amines is 1. The monoisotopic (exact) mass is 179 g/mol. The number of hydrogen-bond donors (Lipinski definition) is 2. The molecular formula is C10H17N3. The van der Waals surface area contributed by atoms with E-state index in [4.69, 9.17) is 0 Å². The van der Waals surface area contributed by atoms with E-state index >= 15 is 0 Å². The highest BCUT2D eigenvalue weighted by molar-refractivity contribution is 4.94. The molecule has 13 heavy (non-hydrogen) atoms. The van der Waals surface area contributed by atoms with Crippen molar-refractivity contribution in [3.63, 3.8) is 0 Å². The number of imidazole rings is 1. The summed E-state index contributed by atoms with van der Waals surface area (Å²) in [6, 6.07) is 1.07. The molecule has 1 aliphatic rings. The Balaban J connectivity index is 1.87. The second-order valence-electron chi connectivity index (χ2n) is 3.84. The molecule has 2 rings (SSSR count). The maximum atomic E-state index is 4.24. The van der Waals surface area contributed by atoms with E-state index in [1.165, 1.54) is 25.7 Å². The third-order valence-corrected chi connectivity index (χ3v) is 2.77. The molecule has 0 aromatic carbocycles. The minimum absolute atomic E-state index is 0.359. The van der Waals surface area contributed by atoms with Crippen LogP contribution in [0.1, 0.15) is 44.5 Å². The lowest BCUT2D eigenvalue weighted by Crippen LogP contribution is -2.29. The van der Waals surface area contributed by atoms with Gasteiger partial charge in [-0.25, -0.2) is 4.98 Å². The van der Waals surface area contributed by atoms with Crippen molar-refractivity contribution >= 4 is 0 Å². The van der Waals surface area contributed by atoms with E-state index in [0.717, 1.165) is 5.82 Å². The molecule has 0 aliphatic heterocycles. The Morgan fingerprint density at radius 1 is 1.54 bits per heavy atom. The maximum Gasteiger partial charge on any atom is 0.122 e. The maximum absolute atomic E-state index is 4.24. The Bertz CT molecular complexity index is 237. The van der Waals surface area contributed by atoms with E-state index in [2.05, 4.69) is 22.2 Å². The van der Waals surface area contributed by atoms with Gasteiger partial charge in [0, 0.05) is 18.4 Å². The third kappa shape index (κ3) is 2.10. The van der Waals surface area contributed by atoms with Gasteiger partial charge in [0.25, 0.3) is 0 Å². The number of hydrogen-bond acceptors (Lipinski definition) is 2. The number of nitrogens with zero attached hydrogens (tertiary/aromatic N) is 1. The molecule has 0 radical (unpaired) electrons. The summed E-state index contributed by atoms with van der Waals surface area (Å²) in [7, 11) is 0. The molecule has 3 nitrogen and oxygen atoms in total. The van der Waals surface area contributed by atoms with Gasteiger partial charge in [-0.1, -0.05) is 12.8 Å². The topological polar surface area (TPSA) is 40.7 Å². The van der Waals surface area contributed by atoms with Crippen molar-refractivity contribution in [3.8, 4) is 0 Å². The molecule has 1 aliphatic carbocycles. The van der Waals surface area contributed by atoms with Crippen LogP contribution in [0.2, 0.25) is 0 Å². The molecule has 0 amide bonds. The van der Waals surface area contributed by atoms with Crippen LogP contribution in [0.25, 0.3) is 0 Å². The largest absolute Gasteiger partial charge is 0.347 e. The highest BCUT2D eigenvalue weighted by Crippen LogP contribution is 2.20. The van der Waals surface area contributed by atoms with Crippen molar-refractivity contribution in [1.82, 2.24) is 15.3 Å². The van der Waals surface area contributed by atoms with Crippen molar-refractivity contribution in [2.75, 3.05) is 0 Å². The van der Waals surface area contributed by atoms with Crippen molar-refractivity contribution in [1.29, 1.82) is 0 Å². The number of H-pyrrole nitrogens is 1. The van der Waals surface area contributed by atoms with E-state index < -0.39 is 0 Å². The molecule has 1 atom stereocenters. The molecule has 1 saturated carbocycles. The minimum Gasteiger partial charge on any atom is -0.347 e. The molecule has 1 aromatic heterocycles. The van der Waals surface area contributed by atoms with Crippen molar-refractivity contribution < 1.29 is 0 Å². The summed E-state index contributed by atoms with van der Waals surface area (Å²) in [5.74, 6) is 1.05. The Morgan fingerprint density at radius 3 is 2.92 bits per heavy atom. The van der Waals surface area contributed by atoms with E-state index in [9.17, 15) is 0 Å². The average Bonchev–Trinajstić information content (AvgIpc) is 2.74. The summed E-state index contributed by atoms with van der Waals surface area (Å²) < 4.78 is 0. The van der Waals surface area contributed by atoms with Gasteiger partial charge in [-0.3, -0.25) is 0 Å². The zero-order chi connectivity index (χ0) is 9.10. The van der Waals surface area contributed by atoms with Gasteiger partial charge in [0.05, 0.1) is 6.04 Å². The Labute approximate surface area is 79.0 Å². The first-order chi connectivity index (χ1) is 6.36. The second-order valence-corrected chi connectivity index (χ2v) is 3.84. The summed E-state index contributed by atoms with van der Waals surface area (Å²) in [5, 5.41) is 3.59. The van der Waals surface area contributed by atoms with E-state index in [1.54, 1.807) is 0 Å². The van der Waals surface area contributed by atoms with Gasteiger partial charge in [-0.15, -0.1) is 0 Å². The van der Waals surface area contributed by atoms with Crippen molar-refractivity contribution in [3.05, 3.63) is 18.2 Å². The van der Waals surface area contributed by atoms with Gasteiger partial charge < -0.3 is 10.3 Å². The van der Waals surface area contributed by atoms with Gasteiger partial charge >= 0.3 is 0 Å². The average molecular weight is 179 g/mol. The van der Waals surface area contributed by atoms with E-state index in [-0.39, 0.29) is 0 Å². The summed E-state index contributed by atoms with van der Waals surface area (Å²) in [6.07, 6.45) is 9.09. The summed E-state index contributed by atoms with van der Waals surface area (Å²) in [5.41, 5.74) is 0. The summed E-state index contributed by atoms with van der Waals surface area (Å²) in [4.78, 5) is 7.38. The molecule has 2 N–H and O–H groups in total. The summed E-state index contributed by atoms with van der Waals surface area (Å²) in [6.45, 7) is 2.16. The third-order valence-electron chi connectivity index (χ3n) is 2.77. The van der Waals surface area contributed by atoms with Crippen LogP contribution in [0.3, 0.4) is 0 Å². The molecule has 1 unspecified atom stereocenters. The first-order valence-electron chi connectivity index (χ1n) is 5.11. The van der Waals surface area contributed by atoms with Gasteiger partial charge in [-0.2, -0.15) is 0 Å². The van der Waals surface area contributed by atoms with Crippen LogP contribution in [-0.4, -0.2) is 16.0 Å². The van der Waals surface area contributed by atoms with Crippen molar-refractivity contribution in [2.24, 2.45) is 0 Å². The van der Waals surface area contributed by atoms with Gasteiger partial charge in [0.1, 0.15) is 5.82 Å². The zero-order valence-electron chi connectivity index (χ0n) is 8.09. The molecule has 3 heteroatoms. The van der Waals surface area contributed by atoms with Crippen molar-refractivity contribution in [2.45, 2.75) is 44.7 Å². The molecule has 72 valence electrons. The highest BCUT2D eigenvalue weighted by atomic mass is 15.0. The molecule has 0 spiro atoms. The van der Waals surface area contributed by atoms with E-state index in [1.807, 2.05) is 12.4 Å². The van der Waals surface area contributed by atoms with Gasteiger partial charge in [0.15, 0.2) is 0 Å². The molecule has 1 aromatic rings. The molecule has 1 heterocycles. The second kappa shape index (κ2) is 3.92. The van der Waals surface area contributed by atoms with Crippen LogP contribution in [-0.2, 0) is 0 Å². The van der Waals surface area contributed by atoms with Crippen LogP contribution >= 0.6 is 0 Å². The lowest BCUT2D eigenvalue weighted by Gasteiger charge is -2.16.